The Morgan fingerprint density at radius 3 is 3.00 bits per heavy atom. The number of aldehydes is 1. The van der Waals surface area contributed by atoms with Gasteiger partial charge in [-0.1, -0.05) is 0 Å². The predicted octanol–water partition coefficient (Wildman–Crippen LogP) is 0.0480. The Morgan fingerprint density at radius 1 is 1.71 bits per heavy atom. The molecule has 1 heterocycles. The maximum absolute atomic E-state index is 11.2. The van der Waals surface area contributed by atoms with Crippen LogP contribution in [0.1, 0.15) is 27.8 Å². The van der Waals surface area contributed by atoms with E-state index in [1.54, 1.807) is 6.92 Å². The van der Waals surface area contributed by atoms with Crippen LogP contribution in [0.4, 0.5) is 5.95 Å². The zero-order chi connectivity index (χ0) is 10.6. The van der Waals surface area contributed by atoms with Crippen molar-refractivity contribution in [1.29, 1.82) is 0 Å². The highest BCUT2D eigenvalue weighted by Gasteiger charge is 2.14. The zero-order valence-corrected chi connectivity index (χ0v) is 7.56. The molecule has 0 bridgehead atoms. The third kappa shape index (κ3) is 2.03. The number of hydrogen-bond acceptors (Lipinski definition) is 6. The summed E-state index contributed by atoms with van der Waals surface area (Å²) < 4.78 is 4.69. The molecule has 0 radical (unpaired) electrons. The first-order valence-corrected chi connectivity index (χ1v) is 3.93. The summed E-state index contributed by atoms with van der Waals surface area (Å²) in [6.07, 6.45) is 1.61. The molecule has 0 unspecified atom stereocenters. The van der Waals surface area contributed by atoms with Crippen molar-refractivity contribution < 1.29 is 14.3 Å². The molecule has 1 aromatic heterocycles. The Hall–Kier alpha value is -1.98. The second-order valence-electron chi connectivity index (χ2n) is 2.37. The molecule has 6 nitrogen and oxygen atoms in total. The highest BCUT2D eigenvalue weighted by atomic mass is 16.5. The van der Waals surface area contributed by atoms with Gasteiger partial charge in [0.25, 0.3) is 0 Å². The fourth-order valence-electron chi connectivity index (χ4n) is 0.865. The number of rotatable bonds is 3. The average molecular weight is 195 g/mol. The minimum absolute atomic E-state index is 0.0241. The second-order valence-corrected chi connectivity index (χ2v) is 2.37. The molecule has 0 atom stereocenters. The SMILES string of the molecule is CCOC(=O)c1cnc(N)nc1C=O. The maximum Gasteiger partial charge on any atom is 0.342 e. The summed E-state index contributed by atoms with van der Waals surface area (Å²) in [6, 6.07) is 0. The van der Waals surface area contributed by atoms with Gasteiger partial charge in [-0.25, -0.2) is 14.8 Å². The number of anilines is 1. The average Bonchev–Trinajstić information content (AvgIpc) is 2.17. The molecule has 0 aliphatic rings. The molecule has 1 rings (SSSR count). The number of esters is 1. The number of carbonyl (C=O) groups excluding carboxylic acids is 2. The molecule has 6 heteroatoms. The van der Waals surface area contributed by atoms with Crippen molar-refractivity contribution in [2.45, 2.75) is 6.92 Å². The first kappa shape index (κ1) is 10.1. The van der Waals surface area contributed by atoms with Crippen molar-refractivity contribution in [3.63, 3.8) is 0 Å². The Kier molecular flexibility index (Phi) is 3.11. The van der Waals surface area contributed by atoms with Gasteiger partial charge in [-0.15, -0.1) is 0 Å². The van der Waals surface area contributed by atoms with Gasteiger partial charge in [0.1, 0.15) is 11.3 Å². The number of nitrogens with zero attached hydrogens (tertiary/aromatic N) is 2. The van der Waals surface area contributed by atoms with E-state index in [4.69, 9.17) is 10.5 Å². The molecule has 0 amide bonds. The monoisotopic (exact) mass is 195 g/mol. The van der Waals surface area contributed by atoms with Gasteiger partial charge in [0.15, 0.2) is 6.29 Å². The molecule has 2 N–H and O–H groups in total. The first-order valence-electron chi connectivity index (χ1n) is 3.93. The summed E-state index contributed by atoms with van der Waals surface area (Å²) in [4.78, 5) is 29.0. The van der Waals surface area contributed by atoms with Gasteiger partial charge in [-0.3, -0.25) is 4.79 Å². The molecule has 0 aromatic carbocycles. The van der Waals surface area contributed by atoms with Gasteiger partial charge in [0.2, 0.25) is 5.95 Å². The van der Waals surface area contributed by atoms with E-state index in [1.807, 2.05) is 0 Å². The van der Waals surface area contributed by atoms with Crippen LogP contribution in [0.25, 0.3) is 0 Å². The van der Waals surface area contributed by atoms with Gasteiger partial charge >= 0.3 is 5.97 Å². The number of carbonyl (C=O) groups is 2. The van der Waals surface area contributed by atoms with Gasteiger partial charge < -0.3 is 10.5 Å². The van der Waals surface area contributed by atoms with E-state index in [2.05, 4.69) is 9.97 Å². The Morgan fingerprint density at radius 2 is 2.43 bits per heavy atom. The molecule has 0 fully saturated rings. The van der Waals surface area contributed by atoms with Gasteiger partial charge in [0, 0.05) is 6.20 Å². The van der Waals surface area contributed by atoms with Gasteiger partial charge in [-0.2, -0.15) is 0 Å². The summed E-state index contributed by atoms with van der Waals surface area (Å²) in [5.41, 5.74) is 5.21. The maximum atomic E-state index is 11.2. The minimum Gasteiger partial charge on any atom is -0.462 e. The predicted molar refractivity (Wildman–Crippen MR) is 47.8 cm³/mol. The van der Waals surface area contributed by atoms with Crippen LogP contribution in [0.3, 0.4) is 0 Å². The fourth-order valence-corrected chi connectivity index (χ4v) is 0.865. The van der Waals surface area contributed by atoms with Crippen LogP contribution in [-0.2, 0) is 4.74 Å². The molecular weight excluding hydrogens is 186 g/mol. The van der Waals surface area contributed by atoms with E-state index in [0.29, 0.717) is 6.29 Å². The molecule has 0 saturated carbocycles. The third-order valence-corrected chi connectivity index (χ3v) is 1.44. The highest BCUT2D eigenvalue weighted by molar-refractivity contribution is 5.96. The number of aromatic nitrogens is 2. The van der Waals surface area contributed by atoms with E-state index >= 15 is 0 Å². The highest BCUT2D eigenvalue weighted by Crippen LogP contribution is 2.05. The Labute approximate surface area is 80.1 Å². The number of hydrogen-bond donors (Lipinski definition) is 1. The fraction of sp³-hybridized carbons (Fsp3) is 0.250. The quantitative estimate of drug-likeness (QED) is 0.540. The van der Waals surface area contributed by atoms with Crippen LogP contribution in [0.2, 0.25) is 0 Å². The molecule has 0 spiro atoms. The molecule has 14 heavy (non-hydrogen) atoms. The topological polar surface area (TPSA) is 95.2 Å². The van der Waals surface area contributed by atoms with Crippen LogP contribution < -0.4 is 5.73 Å². The Bertz CT molecular complexity index is 365. The van der Waals surface area contributed by atoms with Gasteiger partial charge in [0.05, 0.1) is 6.61 Å². The van der Waals surface area contributed by atoms with Crippen molar-refractivity contribution in [2.24, 2.45) is 0 Å². The minimum atomic E-state index is -0.630. The normalized spacial score (nSPS) is 9.50. The standard InChI is InChI=1S/C8H9N3O3/c1-2-14-7(13)5-3-10-8(9)11-6(5)4-12/h3-4H,2H2,1H3,(H2,9,10,11). The molecule has 0 saturated heterocycles. The van der Waals surface area contributed by atoms with E-state index in [9.17, 15) is 9.59 Å². The summed E-state index contributed by atoms with van der Waals surface area (Å²) in [7, 11) is 0. The molecule has 0 aliphatic carbocycles. The largest absolute Gasteiger partial charge is 0.462 e. The van der Waals surface area contributed by atoms with E-state index in [-0.39, 0.29) is 23.8 Å². The third-order valence-electron chi connectivity index (χ3n) is 1.44. The van der Waals surface area contributed by atoms with Crippen LogP contribution >= 0.6 is 0 Å². The number of ether oxygens (including phenoxy) is 1. The van der Waals surface area contributed by atoms with Crippen LogP contribution in [0.15, 0.2) is 6.20 Å². The lowest BCUT2D eigenvalue weighted by atomic mass is 10.2. The lowest BCUT2D eigenvalue weighted by molar-refractivity contribution is 0.0523. The molecular formula is C8H9N3O3. The van der Waals surface area contributed by atoms with E-state index < -0.39 is 5.97 Å². The first-order chi connectivity index (χ1) is 6.69. The molecule has 1 aromatic rings. The van der Waals surface area contributed by atoms with Crippen molar-refractivity contribution in [3.8, 4) is 0 Å². The lowest BCUT2D eigenvalue weighted by Crippen LogP contribution is -2.11. The lowest BCUT2D eigenvalue weighted by Gasteiger charge is -2.02. The second kappa shape index (κ2) is 4.31. The van der Waals surface area contributed by atoms with Crippen LogP contribution in [0.5, 0.6) is 0 Å². The summed E-state index contributed by atoms with van der Waals surface area (Å²) in [6.45, 7) is 1.89. The van der Waals surface area contributed by atoms with Crippen molar-refractivity contribution in [1.82, 2.24) is 9.97 Å². The summed E-state index contributed by atoms with van der Waals surface area (Å²) >= 11 is 0. The summed E-state index contributed by atoms with van der Waals surface area (Å²) in [5.74, 6) is -0.685. The Balaban J connectivity index is 3.07. The molecule has 74 valence electrons. The number of nitrogen functional groups attached to an aromatic ring is 1. The van der Waals surface area contributed by atoms with Crippen LogP contribution in [0, 0.1) is 0 Å². The molecule has 0 aliphatic heterocycles. The van der Waals surface area contributed by atoms with Gasteiger partial charge in [-0.05, 0) is 6.92 Å². The zero-order valence-electron chi connectivity index (χ0n) is 7.56. The van der Waals surface area contributed by atoms with E-state index in [0.717, 1.165) is 0 Å². The smallest absolute Gasteiger partial charge is 0.342 e. The van der Waals surface area contributed by atoms with Crippen LogP contribution in [-0.4, -0.2) is 28.8 Å². The summed E-state index contributed by atoms with van der Waals surface area (Å²) in [5, 5.41) is 0. The number of nitrogens with two attached hydrogens (primary N) is 1. The van der Waals surface area contributed by atoms with Crippen molar-refractivity contribution in [3.05, 3.63) is 17.5 Å². The van der Waals surface area contributed by atoms with Crippen molar-refractivity contribution in [2.75, 3.05) is 12.3 Å². The van der Waals surface area contributed by atoms with E-state index in [1.165, 1.54) is 6.20 Å². The van der Waals surface area contributed by atoms with Crippen molar-refractivity contribution >= 4 is 18.2 Å².